The summed E-state index contributed by atoms with van der Waals surface area (Å²) >= 11 is 0. The molecule has 4 bridgehead atoms. The number of hydrogen-bond donors (Lipinski definition) is 2. The number of hydrogen-bond acceptors (Lipinski definition) is 3. The molecule has 3 N–H and O–H groups in total. The number of carbonyl (C=O) groups is 2. The van der Waals surface area contributed by atoms with E-state index in [1.165, 1.54) is 32.1 Å². The van der Waals surface area contributed by atoms with E-state index in [-0.39, 0.29) is 24.4 Å². The summed E-state index contributed by atoms with van der Waals surface area (Å²) in [7, 11) is 0. The van der Waals surface area contributed by atoms with Crippen molar-refractivity contribution in [1.82, 2.24) is 10.2 Å². The maximum absolute atomic E-state index is 12.7. The maximum atomic E-state index is 12.7. The Morgan fingerprint density at radius 1 is 1.05 bits per heavy atom. The fraction of sp³-hybridized carbons (Fsp3) is 0.882. The van der Waals surface area contributed by atoms with Crippen LogP contribution < -0.4 is 11.1 Å². The van der Waals surface area contributed by atoms with Gasteiger partial charge in [0.05, 0.1) is 12.6 Å². The van der Waals surface area contributed by atoms with Gasteiger partial charge >= 0.3 is 0 Å². The molecule has 4 saturated carbocycles. The lowest BCUT2D eigenvalue weighted by Gasteiger charge is -2.54. The molecule has 5 nitrogen and oxygen atoms in total. The first-order valence-electron chi connectivity index (χ1n) is 8.93. The molecule has 1 saturated heterocycles. The zero-order valence-corrected chi connectivity index (χ0v) is 13.2. The topological polar surface area (TPSA) is 75.4 Å². The van der Waals surface area contributed by atoms with Crippen LogP contribution in [0.3, 0.4) is 0 Å². The fourth-order valence-electron chi connectivity index (χ4n) is 5.93. The fourth-order valence-corrected chi connectivity index (χ4v) is 5.93. The van der Waals surface area contributed by atoms with Crippen LogP contribution in [0.4, 0.5) is 0 Å². The van der Waals surface area contributed by atoms with Crippen molar-refractivity contribution in [3.63, 3.8) is 0 Å². The van der Waals surface area contributed by atoms with Crippen molar-refractivity contribution in [1.29, 1.82) is 0 Å². The van der Waals surface area contributed by atoms with Gasteiger partial charge in [-0.2, -0.15) is 0 Å². The van der Waals surface area contributed by atoms with Crippen LogP contribution in [-0.4, -0.2) is 41.9 Å². The Labute approximate surface area is 132 Å². The number of nitrogens with one attached hydrogen (secondary N) is 1. The number of rotatable bonds is 4. The summed E-state index contributed by atoms with van der Waals surface area (Å²) in [6, 6.07) is 0.237. The van der Waals surface area contributed by atoms with Crippen LogP contribution in [0.1, 0.15) is 44.9 Å². The molecule has 0 aromatic rings. The van der Waals surface area contributed by atoms with Crippen molar-refractivity contribution in [2.24, 2.45) is 29.4 Å². The second-order valence-electron chi connectivity index (χ2n) is 8.06. The van der Waals surface area contributed by atoms with E-state index in [0.29, 0.717) is 17.9 Å². The van der Waals surface area contributed by atoms with Gasteiger partial charge in [-0.3, -0.25) is 14.5 Å². The normalized spacial score (nSPS) is 43.5. The Hall–Kier alpha value is -1.10. The van der Waals surface area contributed by atoms with E-state index >= 15 is 0 Å². The Balaban J connectivity index is 1.40. The lowest BCUT2D eigenvalue weighted by molar-refractivity contribution is -0.130. The van der Waals surface area contributed by atoms with Gasteiger partial charge in [0, 0.05) is 6.04 Å². The predicted octanol–water partition coefficient (Wildman–Crippen LogP) is 0.877. The molecular weight excluding hydrogens is 278 g/mol. The highest BCUT2D eigenvalue weighted by molar-refractivity contribution is 5.84. The number of likely N-dealkylation sites (tertiary alicyclic amines) is 1. The van der Waals surface area contributed by atoms with Gasteiger partial charge in [0.15, 0.2) is 0 Å². The molecule has 5 aliphatic rings. The van der Waals surface area contributed by atoms with Gasteiger partial charge in [0.1, 0.15) is 0 Å². The molecule has 0 radical (unpaired) electrons. The van der Waals surface area contributed by atoms with Gasteiger partial charge in [-0.1, -0.05) is 0 Å². The molecule has 0 aromatic carbocycles. The molecule has 4 aliphatic carbocycles. The lowest BCUT2D eigenvalue weighted by Crippen LogP contribution is -2.58. The second kappa shape index (κ2) is 5.52. The zero-order valence-electron chi connectivity index (χ0n) is 13.2. The second-order valence-corrected chi connectivity index (χ2v) is 8.06. The van der Waals surface area contributed by atoms with Crippen LogP contribution in [-0.2, 0) is 9.59 Å². The molecule has 0 unspecified atom stereocenters. The van der Waals surface area contributed by atoms with Crippen LogP contribution in [0.25, 0.3) is 0 Å². The molecule has 1 aliphatic heterocycles. The Bertz CT molecular complexity index is 451. The molecule has 1 heterocycles. The molecule has 5 fully saturated rings. The highest BCUT2D eigenvalue weighted by Gasteiger charge is 2.49. The third kappa shape index (κ3) is 2.53. The van der Waals surface area contributed by atoms with E-state index < -0.39 is 0 Å². The minimum absolute atomic E-state index is 0.135. The van der Waals surface area contributed by atoms with Crippen molar-refractivity contribution in [2.75, 3.05) is 13.1 Å². The molecule has 22 heavy (non-hydrogen) atoms. The van der Waals surface area contributed by atoms with Crippen LogP contribution >= 0.6 is 0 Å². The maximum Gasteiger partial charge on any atom is 0.237 e. The summed E-state index contributed by atoms with van der Waals surface area (Å²) in [6.07, 6.45) is 8.52. The highest BCUT2D eigenvalue weighted by Crippen LogP contribution is 2.53. The lowest BCUT2D eigenvalue weighted by atomic mass is 9.54. The van der Waals surface area contributed by atoms with Crippen LogP contribution in [0.15, 0.2) is 0 Å². The van der Waals surface area contributed by atoms with Crippen LogP contribution in [0, 0.1) is 23.7 Å². The number of primary amides is 1. The van der Waals surface area contributed by atoms with Crippen molar-refractivity contribution < 1.29 is 9.59 Å². The molecule has 0 aromatic heterocycles. The number of carbonyl (C=O) groups excluding carboxylic acids is 2. The van der Waals surface area contributed by atoms with Crippen LogP contribution in [0.2, 0.25) is 0 Å². The average Bonchev–Trinajstić information content (AvgIpc) is 2.89. The smallest absolute Gasteiger partial charge is 0.237 e. The first kappa shape index (κ1) is 14.5. The molecule has 0 spiro atoms. The Kier molecular flexibility index (Phi) is 3.63. The molecular formula is C17H27N3O2. The largest absolute Gasteiger partial charge is 0.369 e. The Morgan fingerprint density at radius 3 is 2.27 bits per heavy atom. The first-order chi connectivity index (χ1) is 10.6. The summed E-state index contributed by atoms with van der Waals surface area (Å²) < 4.78 is 0. The SMILES string of the molecule is NC(=O)CN1CCC[C@@H]1C(=O)NC1C2CC3CC(C2)CC1C3. The van der Waals surface area contributed by atoms with Gasteiger partial charge in [-0.25, -0.2) is 0 Å². The van der Waals surface area contributed by atoms with Gasteiger partial charge in [0.2, 0.25) is 11.8 Å². The molecule has 5 rings (SSSR count). The quantitative estimate of drug-likeness (QED) is 0.809. The summed E-state index contributed by atoms with van der Waals surface area (Å²) in [5.74, 6) is 3.05. The van der Waals surface area contributed by atoms with E-state index in [9.17, 15) is 9.59 Å². The zero-order chi connectivity index (χ0) is 15.3. The predicted molar refractivity (Wildman–Crippen MR) is 82.8 cm³/mol. The number of nitrogens with two attached hydrogens (primary N) is 1. The van der Waals surface area contributed by atoms with Crippen molar-refractivity contribution in [2.45, 2.75) is 57.0 Å². The standard InChI is InChI=1S/C17H27N3O2/c18-15(21)9-20-3-1-2-14(20)17(22)19-16-12-5-10-4-11(7-12)8-13(16)6-10/h10-14,16H,1-9H2,(H2,18,21)(H,19,22)/t10?,11?,12?,13?,14-,16?/m1/s1. The minimum Gasteiger partial charge on any atom is -0.369 e. The Morgan fingerprint density at radius 2 is 1.68 bits per heavy atom. The van der Waals surface area contributed by atoms with Crippen molar-refractivity contribution in [3.05, 3.63) is 0 Å². The van der Waals surface area contributed by atoms with E-state index in [0.717, 1.165) is 31.2 Å². The van der Waals surface area contributed by atoms with E-state index in [1.807, 2.05) is 4.90 Å². The summed E-state index contributed by atoms with van der Waals surface area (Å²) in [5.41, 5.74) is 5.30. The van der Waals surface area contributed by atoms with Gasteiger partial charge in [0.25, 0.3) is 0 Å². The van der Waals surface area contributed by atoms with E-state index in [2.05, 4.69) is 5.32 Å². The van der Waals surface area contributed by atoms with Gasteiger partial charge in [-0.05, 0) is 75.2 Å². The average molecular weight is 305 g/mol. The number of nitrogens with zero attached hydrogens (tertiary/aromatic N) is 1. The summed E-state index contributed by atoms with van der Waals surface area (Å²) in [4.78, 5) is 25.8. The first-order valence-corrected chi connectivity index (χ1v) is 8.93. The number of amides is 2. The van der Waals surface area contributed by atoms with Gasteiger partial charge in [-0.15, -0.1) is 0 Å². The minimum atomic E-state index is -0.339. The van der Waals surface area contributed by atoms with E-state index in [4.69, 9.17) is 5.73 Å². The molecule has 2 amide bonds. The van der Waals surface area contributed by atoms with Gasteiger partial charge < -0.3 is 11.1 Å². The van der Waals surface area contributed by atoms with Crippen molar-refractivity contribution >= 4 is 11.8 Å². The third-order valence-electron chi connectivity index (χ3n) is 6.56. The monoisotopic (exact) mass is 305 g/mol. The molecule has 5 heteroatoms. The van der Waals surface area contributed by atoms with Crippen molar-refractivity contribution in [3.8, 4) is 0 Å². The van der Waals surface area contributed by atoms with E-state index in [1.54, 1.807) is 0 Å². The third-order valence-corrected chi connectivity index (χ3v) is 6.56. The highest BCUT2D eigenvalue weighted by atomic mass is 16.2. The molecule has 1 atom stereocenters. The van der Waals surface area contributed by atoms with Crippen LogP contribution in [0.5, 0.6) is 0 Å². The summed E-state index contributed by atoms with van der Waals surface area (Å²) in [5, 5.41) is 3.37. The summed E-state index contributed by atoms with van der Waals surface area (Å²) in [6.45, 7) is 1.02. The molecule has 122 valence electrons.